The first-order chi connectivity index (χ1) is 9.95. The Hall–Kier alpha value is -2.18. The van der Waals surface area contributed by atoms with Gasteiger partial charge in [0.2, 0.25) is 0 Å². The Labute approximate surface area is 121 Å². The highest BCUT2D eigenvalue weighted by Gasteiger charge is 2.42. The van der Waals surface area contributed by atoms with Crippen LogP contribution in [0.3, 0.4) is 0 Å². The number of ether oxygens (including phenoxy) is 1. The minimum atomic E-state index is -2.87. The third-order valence-corrected chi connectivity index (χ3v) is 3.20. The molecule has 1 aromatic carbocycles. The Morgan fingerprint density at radius 3 is 2.57 bits per heavy atom. The van der Waals surface area contributed by atoms with E-state index in [1.54, 1.807) is 19.1 Å². The summed E-state index contributed by atoms with van der Waals surface area (Å²) in [5.41, 5.74) is -0.334. The zero-order chi connectivity index (χ0) is 15.5. The monoisotopic (exact) mass is 297 g/mol. The maximum atomic E-state index is 12.1. The Morgan fingerprint density at radius 2 is 2.00 bits per heavy atom. The molecule has 21 heavy (non-hydrogen) atoms. The Bertz CT molecular complexity index is 546. The molecule has 114 valence electrons. The van der Waals surface area contributed by atoms with Gasteiger partial charge in [0, 0.05) is 6.54 Å². The molecule has 1 aliphatic heterocycles. The lowest BCUT2D eigenvalue weighted by Crippen LogP contribution is -2.40. The van der Waals surface area contributed by atoms with Crippen molar-refractivity contribution in [3.63, 3.8) is 0 Å². The van der Waals surface area contributed by atoms with Crippen LogP contribution in [0.15, 0.2) is 29.3 Å². The van der Waals surface area contributed by atoms with Gasteiger partial charge in [-0.25, -0.2) is 0 Å². The third kappa shape index (κ3) is 3.29. The quantitative estimate of drug-likeness (QED) is 0.873. The number of hydrogen-bond donors (Lipinski definition) is 2. The number of nitrogens with zero attached hydrogens (tertiary/aromatic N) is 1. The summed E-state index contributed by atoms with van der Waals surface area (Å²) >= 11 is 0. The van der Waals surface area contributed by atoms with Crippen molar-refractivity contribution in [2.45, 2.75) is 32.4 Å². The SMILES string of the molecule is CCCN=C1NC(=O)C(C)(c2ccc(OC(F)F)cc2)N1. The van der Waals surface area contributed by atoms with Gasteiger partial charge in [0.1, 0.15) is 11.3 Å². The van der Waals surface area contributed by atoms with Gasteiger partial charge in [0.05, 0.1) is 0 Å². The number of nitrogens with one attached hydrogen (secondary N) is 2. The Kier molecular flexibility index (Phi) is 4.40. The van der Waals surface area contributed by atoms with Crippen molar-refractivity contribution in [3.8, 4) is 5.75 Å². The first-order valence-electron chi connectivity index (χ1n) is 6.65. The van der Waals surface area contributed by atoms with Gasteiger partial charge >= 0.3 is 6.61 Å². The lowest BCUT2D eigenvalue weighted by molar-refractivity contribution is -0.123. The Balaban J connectivity index is 2.18. The summed E-state index contributed by atoms with van der Waals surface area (Å²) in [5, 5.41) is 5.70. The van der Waals surface area contributed by atoms with E-state index in [0.29, 0.717) is 18.1 Å². The molecule has 2 rings (SSSR count). The highest BCUT2D eigenvalue weighted by molar-refractivity contribution is 6.09. The first-order valence-corrected chi connectivity index (χ1v) is 6.65. The second-order valence-corrected chi connectivity index (χ2v) is 4.84. The van der Waals surface area contributed by atoms with Crippen LogP contribution < -0.4 is 15.4 Å². The van der Waals surface area contributed by atoms with Crippen LogP contribution in [-0.2, 0) is 10.3 Å². The average molecular weight is 297 g/mol. The molecule has 7 heteroatoms. The molecule has 2 N–H and O–H groups in total. The number of carbonyl (C=O) groups is 1. The van der Waals surface area contributed by atoms with Crippen LogP contribution >= 0.6 is 0 Å². The number of rotatable bonds is 5. The van der Waals surface area contributed by atoms with Crippen molar-refractivity contribution >= 4 is 11.9 Å². The molecule has 0 bridgehead atoms. The van der Waals surface area contributed by atoms with E-state index in [0.717, 1.165) is 6.42 Å². The molecule has 1 heterocycles. The average Bonchev–Trinajstić information content (AvgIpc) is 2.73. The van der Waals surface area contributed by atoms with Gasteiger partial charge in [-0.05, 0) is 31.0 Å². The van der Waals surface area contributed by atoms with E-state index in [1.165, 1.54) is 12.1 Å². The number of alkyl halides is 2. The molecule has 1 unspecified atom stereocenters. The molecule has 0 saturated carbocycles. The summed E-state index contributed by atoms with van der Waals surface area (Å²) < 4.78 is 28.5. The van der Waals surface area contributed by atoms with Gasteiger partial charge in [-0.1, -0.05) is 19.1 Å². The number of benzene rings is 1. The van der Waals surface area contributed by atoms with E-state index in [2.05, 4.69) is 20.4 Å². The minimum absolute atomic E-state index is 0.0515. The summed E-state index contributed by atoms with van der Waals surface area (Å²) in [7, 11) is 0. The molecule has 1 aliphatic rings. The van der Waals surface area contributed by atoms with Crippen LogP contribution in [0.25, 0.3) is 0 Å². The lowest BCUT2D eigenvalue weighted by Gasteiger charge is -2.21. The highest BCUT2D eigenvalue weighted by Crippen LogP contribution is 2.26. The Morgan fingerprint density at radius 1 is 1.33 bits per heavy atom. The van der Waals surface area contributed by atoms with Crippen LogP contribution in [0, 0.1) is 0 Å². The minimum Gasteiger partial charge on any atom is -0.435 e. The predicted molar refractivity (Wildman–Crippen MR) is 74.3 cm³/mol. The molecule has 1 atom stereocenters. The maximum Gasteiger partial charge on any atom is 0.387 e. The molecule has 0 aliphatic carbocycles. The van der Waals surface area contributed by atoms with Crippen LogP contribution in [-0.4, -0.2) is 25.0 Å². The highest BCUT2D eigenvalue weighted by atomic mass is 19.3. The molecule has 0 radical (unpaired) electrons. The van der Waals surface area contributed by atoms with Crippen molar-refractivity contribution < 1.29 is 18.3 Å². The van der Waals surface area contributed by atoms with Crippen molar-refractivity contribution in [1.82, 2.24) is 10.6 Å². The van der Waals surface area contributed by atoms with Crippen LogP contribution in [0.5, 0.6) is 5.75 Å². The number of carbonyl (C=O) groups excluding carboxylic acids is 1. The van der Waals surface area contributed by atoms with Gasteiger partial charge in [-0.2, -0.15) is 8.78 Å². The van der Waals surface area contributed by atoms with Gasteiger partial charge in [0.15, 0.2) is 5.96 Å². The maximum absolute atomic E-state index is 12.1. The van der Waals surface area contributed by atoms with E-state index in [1.807, 2.05) is 6.92 Å². The fourth-order valence-corrected chi connectivity index (χ4v) is 2.03. The molecule has 0 spiro atoms. The van der Waals surface area contributed by atoms with Crippen molar-refractivity contribution in [3.05, 3.63) is 29.8 Å². The normalized spacial score (nSPS) is 23.3. The van der Waals surface area contributed by atoms with E-state index in [-0.39, 0.29) is 11.7 Å². The van der Waals surface area contributed by atoms with Gasteiger partial charge in [0.25, 0.3) is 5.91 Å². The standard InChI is InChI=1S/C14H17F2N3O2/c1-3-8-17-13-18-11(20)14(2,19-13)9-4-6-10(7-5-9)21-12(15)16/h4-7,12H,3,8H2,1-2H3,(H2,17,18,19,20). The molecule has 5 nitrogen and oxygen atoms in total. The summed E-state index contributed by atoms with van der Waals surface area (Å²) in [5.74, 6) is 0.243. The zero-order valence-electron chi connectivity index (χ0n) is 11.8. The summed E-state index contributed by atoms with van der Waals surface area (Å²) in [6.07, 6.45) is 0.872. The van der Waals surface area contributed by atoms with E-state index < -0.39 is 12.2 Å². The van der Waals surface area contributed by atoms with Gasteiger partial charge in [-0.3, -0.25) is 15.1 Å². The predicted octanol–water partition coefficient (Wildman–Crippen LogP) is 1.99. The number of hydrogen-bond acceptors (Lipinski definition) is 3. The summed E-state index contributed by atoms with van der Waals surface area (Å²) in [6, 6.07) is 5.96. The smallest absolute Gasteiger partial charge is 0.387 e. The molecule has 1 amide bonds. The fraction of sp³-hybridized carbons (Fsp3) is 0.429. The number of halogens is 2. The van der Waals surface area contributed by atoms with Gasteiger partial charge in [-0.15, -0.1) is 0 Å². The van der Waals surface area contributed by atoms with Crippen molar-refractivity contribution in [1.29, 1.82) is 0 Å². The third-order valence-electron chi connectivity index (χ3n) is 3.20. The van der Waals surface area contributed by atoms with E-state index in [9.17, 15) is 13.6 Å². The topological polar surface area (TPSA) is 62.7 Å². The van der Waals surface area contributed by atoms with Gasteiger partial charge < -0.3 is 10.1 Å². The van der Waals surface area contributed by atoms with E-state index in [4.69, 9.17) is 0 Å². The van der Waals surface area contributed by atoms with Crippen molar-refractivity contribution in [2.75, 3.05) is 6.54 Å². The summed E-state index contributed by atoms with van der Waals surface area (Å²) in [6.45, 7) is 1.44. The second kappa shape index (κ2) is 6.07. The zero-order valence-corrected chi connectivity index (χ0v) is 11.8. The largest absolute Gasteiger partial charge is 0.435 e. The fourth-order valence-electron chi connectivity index (χ4n) is 2.03. The van der Waals surface area contributed by atoms with Crippen LogP contribution in [0.4, 0.5) is 8.78 Å². The van der Waals surface area contributed by atoms with E-state index >= 15 is 0 Å². The first kappa shape index (κ1) is 15.2. The number of aliphatic imine (C=N–C) groups is 1. The van der Waals surface area contributed by atoms with Crippen LogP contribution in [0.1, 0.15) is 25.8 Å². The molecule has 0 aromatic heterocycles. The van der Waals surface area contributed by atoms with Crippen LogP contribution in [0.2, 0.25) is 0 Å². The van der Waals surface area contributed by atoms with Crippen molar-refractivity contribution in [2.24, 2.45) is 4.99 Å². The molecule has 1 aromatic rings. The summed E-state index contributed by atoms with van der Waals surface area (Å²) in [4.78, 5) is 16.3. The molecule has 1 saturated heterocycles. The number of amides is 1. The number of guanidine groups is 1. The lowest BCUT2D eigenvalue weighted by atomic mass is 9.92. The molecular weight excluding hydrogens is 280 g/mol. The second-order valence-electron chi connectivity index (χ2n) is 4.84. The molecule has 1 fully saturated rings. The molecular formula is C14H17F2N3O2.